The Labute approximate surface area is 188 Å². The molecule has 180 valence electrons. The van der Waals surface area contributed by atoms with Crippen molar-refractivity contribution in [2.45, 2.75) is 58.3 Å². The normalized spacial score (nSPS) is 24.2. The molecule has 1 fully saturated rings. The fourth-order valence-electron chi connectivity index (χ4n) is 3.16. The summed E-state index contributed by atoms with van der Waals surface area (Å²) in [6, 6.07) is 4.58. The first-order valence-corrected chi connectivity index (χ1v) is 9.84. The SMILES string of the molecule is CC(=O)OC[C@H]1O[C@@H](NC(=O)c2ccc(F)cc2)[C@H](OC(C)=O)[C@@H](OC(C)=O)[C@@H]1OC(C)=O. The van der Waals surface area contributed by atoms with Crippen molar-refractivity contribution in [1.82, 2.24) is 5.32 Å². The highest BCUT2D eigenvalue weighted by molar-refractivity contribution is 5.94. The van der Waals surface area contributed by atoms with Crippen LogP contribution in [0.25, 0.3) is 0 Å². The second kappa shape index (κ2) is 11.4. The number of benzene rings is 1. The highest BCUT2D eigenvalue weighted by Crippen LogP contribution is 2.28. The zero-order valence-electron chi connectivity index (χ0n) is 18.4. The van der Waals surface area contributed by atoms with Crippen LogP contribution in [0.4, 0.5) is 4.39 Å². The van der Waals surface area contributed by atoms with Crippen molar-refractivity contribution in [2.24, 2.45) is 0 Å². The molecule has 2 rings (SSSR count). The van der Waals surface area contributed by atoms with Crippen molar-refractivity contribution in [3.05, 3.63) is 35.6 Å². The molecule has 12 heteroatoms. The van der Waals surface area contributed by atoms with Crippen molar-refractivity contribution in [3.8, 4) is 0 Å². The number of carbonyl (C=O) groups is 5. The van der Waals surface area contributed by atoms with Crippen LogP contribution in [0.15, 0.2) is 24.3 Å². The Balaban J connectivity index is 2.42. The van der Waals surface area contributed by atoms with E-state index in [-0.39, 0.29) is 5.56 Å². The quantitative estimate of drug-likeness (QED) is 0.446. The number of hydrogen-bond donors (Lipinski definition) is 1. The van der Waals surface area contributed by atoms with Gasteiger partial charge < -0.3 is 29.0 Å². The van der Waals surface area contributed by atoms with Crippen molar-refractivity contribution < 1.29 is 52.0 Å². The number of nitrogens with one attached hydrogen (secondary N) is 1. The topological polar surface area (TPSA) is 144 Å². The van der Waals surface area contributed by atoms with Gasteiger partial charge in [0.2, 0.25) is 0 Å². The summed E-state index contributed by atoms with van der Waals surface area (Å²) in [5.41, 5.74) is 0.0595. The number of halogens is 1. The van der Waals surface area contributed by atoms with Gasteiger partial charge in [0.15, 0.2) is 24.5 Å². The summed E-state index contributed by atoms with van der Waals surface area (Å²) < 4.78 is 39.7. The predicted molar refractivity (Wildman–Crippen MR) is 106 cm³/mol. The minimum Gasteiger partial charge on any atom is -0.463 e. The Morgan fingerprint density at radius 1 is 0.818 bits per heavy atom. The van der Waals surface area contributed by atoms with Crippen LogP contribution >= 0.6 is 0 Å². The van der Waals surface area contributed by atoms with Gasteiger partial charge in [-0.05, 0) is 24.3 Å². The Morgan fingerprint density at radius 3 is 1.85 bits per heavy atom. The van der Waals surface area contributed by atoms with Gasteiger partial charge in [-0.1, -0.05) is 0 Å². The molecule has 0 aromatic heterocycles. The monoisotopic (exact) mass is 469 g/mol. The molecule has 0 bridgehead atoms. The number of amides is 1. The Morgan fingerprint density at radius 2 is 1.33 bits per heavy atom. The molecule has 1 N–H and O–H groups in total. The highest BCUT2D eigenvalue weighted by atomic mass is 19.1. The van der Waals surface area contributed by atoms with E-state index in [1.807, 2.05) is 0 Å². The number of ether oxygens (including phenoxy) is 5. The first kappa shape index (κ1) is 25.7. The minimum atomic E-state index is -1.44. The molecule has 1 heterocycles. The lowest BCUT2D eigenvalue weighted by Crippen LogP contribution is -2.66. The first-order valence-electron chi connectivity index (χ1n) is 9.84. The predicted octanol–water partition coefficient (Wildman–Crippen LogP) is 0.639. The van der Waals surface area contributed by atoms with Crippen LogP contribution in [-0.2, 0) is 42.9 Å². The molecular formula is C21H24FNO10. The van der Waals surface area contributed by atoms with Crippen LogP contribution in [0.1, 0.15) is 38.1 Å². The van der Waals surface area contributed by atoms with Gasteiger partial charge in [-0.15, -0.1) is 0 Å². The molecule has 0 radical (unpaired) electrons. The molecule has 5 atom stereocenters. The summed E-state index contributed by atoms with van der Waals surface area (Å²) in [6.45, 7) is 3.97. The van der Waals surface area contributed by atoms with E-state index >= 15 is 0 Å². The first-order chi connectivity index (χ1) is 15.5. The van der Waals surface area contributed by atoms with E-state index in [0.717, 1.165) is 39.8 Å². The van der Waals surface area contributed by atoms with Crippen molar-refractivity contribution in [1.29, 1.82) is 0 Å². The van der Waals surface area contributed by atoms with Gasteiger partial charge in [-0.2, -0.15) is 0 Å². The Hall–Kier alpha value is -3.54. The molecule has 1 amide bonds. The van der Waals surface area contributed by atoms with Crippen molar-refractivity contribution >= 4 is 29.8 Å². The van der Waals surface area contributed by atoms with Gasteiger partial charge in [0.05, 0.1) is 0 Å². The average Bonchev–Trinajstić information content (AvgIpc) is 2.70. The van der Waals surface area contributed by atoms with Crippen molar-refractivity contribution in [3.63, 3.8) is 0 Å². The maximum Gasteiger partial charge on any atom is 0.303 e. The third-order valence-corrected chi connectivity index (χ3v) is 4.37. The summed E-state index contributed by atoms with van der Waals surface area (Å²) in [6.07, 6.45) is -6.80. The lowest BCUT2D eigenvalue weighted by molar-refractivity contribution is -0.255. The fraction of sp³-hybridized carbons (Fsp3) is 0.476. The number of esters is 4. The second-order valence-corrected chi connectivity index (χ2v) is 7.10. The third-order valence-electron chi connectivity index (χ3n) is 4.37. The van der Waals surface area contributed by atoms with Gasteiger partial charge in [0, 0.05) is 33.3 Å². The van der Waals surface area contributed by atoms with Crippen LogP contribution in [-0.4, -0.2) is 67.0 Å². The molecular weight excluding hydrogens is 445 g/mol. The molecule has 1 saturated heterocycles. The van der Waals surface area contributed by atoms with E-state index in [1.54, 1.807) is 0 Å². The molecule has 0 unspecified atom stereocenters. The number of rotatable bonds is 7. The summed E-state index contributed by atoms with van der Waals surface area (Å²) >= 11 is 0. The van der Waals surface area contributed by atoms with Gasteiger partial charge in [0.1, 0.15) is 18.5 Å². The summed E-state index contributed by atoms with van der Waals surface area (Å²) in [7, 11) is 0. The third kappa shape index (κ3) is 7.52. The average molecular weight is 469 g/mol. The molecule has 1 aliphatic heterocycles. The lowest BCUT2D eigenvalue weighted by Gasteiger charge is -2.44. The van der Waals surface area contributed by atoms with E-state index in [2.05, 4.69) is 5.32 Å². The minimum absolute atomic E-state index is 0.0595. The smallest absolute Gasteiger partial charge is 0.303 e. The standard InChI is InChI=1S/C21H24FNO10/c1-10(24)29-9-16-17(30-11(2)25)18(31-12(3)26)19(32-13(4)27)21(33-16)23-20(28)14-5-7-15(22)8-6-14/h5-8,16-19,21H,9H2,1-4H3,(H,23,28)/t16-,17-,18+,19-,21-/m1/s1. The molecule has 0 aliphatic carbocycles. The van der Waals surface area contributed by atoms with E-state index in [0.29, 0.717) is 0 Å². The van der Waals surface area contributed by atoms with Gasteiger partial charge in [-0.25, -0.2) is 4.39 Å². The number of hydrogen-bond acceptors (Lipinski definition) is 10. The Kier molecular flexibility index (Phi) is 8.85. The van der Waals surface area contributed by atoms with E-state index in [9.17, 15) is 28.4 Å². The van der Waals surface area contributed by atoms with Crippen molar-refractivity contribution in [2.75, 3.05) is 6.61 Å². The van der Waals surface area contributed by atoms with E-state index in [1.165, 1.54) is 12.1 Å². The number of carbonyl (C=O) groups excluding carboxylic acids is 5. The lowest BCUT2D eigenvalue weighted by atomic mass is 9.97. The summed E-state index contributed by atoms with van der Waals surface area (Å²) in [4.78, 5) is 59.2. The van der Waals surface area contributed by atoms with Gasteiger partial charge in [0.25, 0.3) is 5.91 Å². The van der Waals surface area contributed by atoms with Gasteiger partial charge in [-0.3, -0.25) is 24.0 Å². The van der Waals surface area contributed by atoms with E-state index < -0.39 is 72.9 Å². The maximum atomic E-state index is 13.2. The molecule has 0 saturated carbocycles. The maximum absolute atomic E-state index is 13.2. The van der Waals surface area contributed by atoms with Crippen LogP contribution in [0.2, 0.25) is 0 Å². The largest absolute Gasteiger partial charge is 0.463 e. The Bertz CT molecular complexity index is 903. The van der Waals surface area contributed by atoms with Gasteiger partial charge >= 0.3 is 23.9 Å². The zero-order chi connectivity index (χ0) is 24.7. The van der Waals surface area contributed by atoms with E-state index in [4.69, 9.17) is 23.7 Å². The molecule has 0 spiro atoms. The fourth-order valence-corrected chi connectivity index (χ4v) is 3.16. The highest BCUT2D eigenvalue weighted by Gasteiger charge is 2.52. The molecule has 33 heavy (non-hydrogen) atoms. The van der Waals surface area contributed by atoms with Crippen LogP contribution in [0, 0.1) is 5.82 Å². The van der Waals surface area contributed by atoms with Crippen LogP contribution in [0.3, 0.4) is 0 Å². The van der Waals surface area contributed by atoms with Crippen LogP contribution < -0.4 is 5.32 Å². The molecule has 11 nitrogen and oxygen atoms in total. The molecule has 1 aromatic carbocycles. The second-order valence-electron chi connectivity index (χ2n) is 7.10. The van der Waals surface area contributed by atoms with Crippen LogP contribution in [0.5, 0.6) is 0 Å². The molecule has 1 aromatic rings. The molecule has 1 aliphatic rings. The summed E-state index contributed by atoms with van der Waals surface area (Å²) in [5.74, 6) is -4.33. The zero-order valence-corrected chi connectivity index (χ0v) is 18.4. The summed E-state index contributed by atoms with van der Waals surface area (Å²) in [5, 5.41) is 2.47.